The molecule has 152 valence electrons. The molecule has 0 aliphatic heterocycles. The number of hydrogen-bond donors (Lipinski definition) is 0. The zero-order valence-corrected chi connectivity index (χ0v) is 17.1. The van der Waals surface area contributed by atoms with Gasteiger partial charge in [0.25, 0.3) is 0 Å². The van der Waals surface area contributed by atoms with Crippen LogP contribution in [0.1, 0.15) is 76.7 Å². The van der Waals surface area contributed by atoms with Crippen molar-refractivity contribution in [1.29, 1.82) is 0 Å². The first-order chi connectivity index (χ1) is 13.6. The van der Waals surface area contributed by atoms with E-state index in [-0.39, 0.29) is 5.75 Å². The van der Waals surface area contributed by atoms with Crippen LogP contribution < -0.4 is 4.74 Å². The zero-order valence-electron chi connectivity index (χ0n) is 17.1. The van der Waals surface area contributed by atoms with E-state index < -0.39 is 11.6 Å². The summed E-state index contributed by atoms with van der Waals surface area (Å²) in [7, 11) is 0. The Morgan fingerprint density at radius 1 is 0.857 bits per heavy atom. The molecule has 0 spiro atoms. The number of hydrogen-bond acceptors (Lipinski definition) is 1. The molecule has 28 heavy (non-hydrogen) atoms. The van der Waals surface area contributed by atoms with Crippen molar-refractivity contribution < 1.29 is 13.5 Å². The minimum Gasteiger partial charge on any atom is -0.490 e. The molecule has 2 aromatic rings. The Kier molecular flexibility index (Phi) is 7.47. The maximum atomic E-state index is 14.6. The molecule has 1 aliphatic carbocycles. The second kappa shape index (κ2) is 10.0. The van der Waals surface area contributed by atoms with Gasteiger partial charge in [-0.3, -0.25) is 0 Å². The molecule has 0 radical (unpaired) electrons. The Hall–Kier alpha value is -1.90. The summed E-state index contributed by atoms with van der Waals surface area (Å²) in [6, 6.07) is 11.2. The van der Waals surface area contributed by atoms with E-state index in [9.17, 15) is 8.78 Å². The fourth-order valence-corrected chi connectivity index (χ4v) is 4.24. The molecular weight excluding hydrogens is 354 g/mol. The van der Waals surface area contributed by atoms with Gasteiger partial charge in [-0.15, -0.1) is 0 Å². The molecule has 3 rings (SSSR count). The van der Waals surface area contributed by atoms with Crippen LogP contribution >= 0.6 is 0 Å². The first-order valence-corrected chi connectivity index (χ1v) is 10.8. The molecule has 0 unspecified atom stereocenters. The molecule has 1 aliphatic rings. The molecule has 0 N–H and O–H groups in total. The third-order valence-electron chi connectivity index (χ3n) is 6.17. The van der Waals surface area contributed by atoms with Gasteiger partial charge >= 0.3 is 0 Å². The third kappa shape index (κ3) is 4.92. The van der Waals surface area contributed by atoms with E-state index in [1.54, 1.807) is 12.1 Å². The average molecular weight is 387 g/mol. The molecule has 0 bridgehead atoms. The highest BCUT2D eigenvalue weighted by molar-refractivity contribution is 5.65. The highest BCUT2D eigenvalue weighted by atomic mass is 19.2. The van der Waals surface area contributed by atoms with Crippen LogP contribution in [0.2, 0.25) is 0 Å². The van der Waals surface area contributed by atoms with Crippen molar-refractivity contribution in [2.45, 2.75) is 71.1 Å². The normalized spacial score (nSPS) is 19.6. The van der Waals surface area contributed by atoms with Crippen molar-refractivity contribution in [3.63, 3.8) is 0 Å². The minimum absolute atomic E-state index is 0.00153. The predicted octanol–water partition coefficient (Wildman–Crippen LogP) is 7.88. The smallest absolute Gasteiger partial charge is 0.201 e. The quantitative estimate of drug-likeness (QED) is 0.419. The van der Waals surface area contributed by atoms with Crippen LogP contribution in [0.15, 0.2) is 36.4 Å². The predicted molar refractivity (Wildman–Crippen MR) is 112 cm³/mol. The highest BCUT2D eigenvalue weighted by Crippen LogP contribution is 2.38. The standard InChI is InChI=1S/C25H32F2O/c1-3-5-6-17-28-23-16-15-22(24(26)25(23)27)21-13-11-20(12-14-21)19-9-7-18(4-2)8-10-19/h11-16,18-19H,3-10,17H2,1-2H3. The van der Waals surface area contributed by atoms with Gasteiger partial charge in [0, 0.05) is 5.56 Å². The van der Waals surface area contributed by atoms with Crippen molar-refractivity contribution in [2.75, 3.05) is 6.61 Å². The molecule has 0 heterocycles. The van der Waals surface area contributed by atoms with E-state index in [1.165, 1.54) is 37.7 Å². The number of halogens is 2. The van der Waals surface area contributed by atoms with Gasteiger partial charge in [0.15, 0.2) is 11.6 Å². The maximum Gasteiger partial charge on any atom is 0.201 e. The summed E-state index contributed by atoms with van der Waals surface area (Å²) >= 11 is 0. The number of rotatable bonds is 8. The van der Waals surface area contributed by atoms with Crippen molar-refractivity contribution >= 4 is 0 Å². The number of ether oxygens (including phenoxy) is 1. The van der Waals surface area contributed by atoms with Gasteiger partial charge in [0.05, 0.1) is 6.61 Å². The molecular formula is C25H32F2O. The highest BCUT2D eigenvalue weighted by Gasteiger charge is 2.21. The van der Waals surface area contributed by atoms with Crippen molar-refractivity contribution in [2.24, 2.45) is 5.92 Å². The molecule has 1 fully saturated rings. The Labute approximate surface area is 168 Å². The van der Waals surface area contributed by atoms with Crippen molar-refractivity contribution in [3.05, 3.63) is 53.6 Å². The summed E-state index contributed by atoms with van der Waals surface area (Å²) in [6.45, 7) is 4.78. The molecule has 0 aromatic heterocycles. The van der Waals surface area contributed by atoms with Gasteiger partial charge in [-0.1, -0.05) is 57.4 Å². The summed E-state index contributed by atoms with van der Waals surface area (Å²) in [4.78, 5) is 0. The molecule has 3 heteroatoms. The molecule has 2 aromatic carbocycles. The largest absolute Gasteiger partial charge is 0.490 e. The van der Waals surface area contributed by atoms with Crippen LogP contribution in [-0.4, -0.2) is 6.61 Å². The van der Waals surface area contributed by atoms with Crippen molar-refractivity contribution in [1.82, 2.24) is 0 Å². The van der Waals surface area contributed by atoms with E-state index >= 15 is 0 Å². The van der Waals surface area contributed by atoms with Crippen LogP contribution in [0.4, 0.5) is 8.78 Å². The monoisotopic (exact) mass is 386 g/mol. The Bertz CT molecular complexity index is 746. The van der Waals surface area contributed by atoms with Gasteiger partial charge in [-0.25, -0.2) is 4.39 Å². The lowest BCUT2D eigenvalue weighted by Gasteiger charge is -2.28. The first-order valence-electron chi connectivity index (χ1n) is 10.8. The fraction of sp³-hybridized carbons (Fsp3) is 0.520. The summed E-state index contributed by atoms with van der Waals surface area (Å²) in [6.07, 6.45) is 9.25. The van der Waals surface area contributed by atoms with Crippen LogP contribution in [0, 0.1) is 17.6 Å². The fourth-order valence-electron chi connectivity index (χ4n) is 4.24. The molecule has 0 atom stereocenters. The summed E-state index contributed by atoms with van der Waals surface area (Å²) in [5, 5.41) is 0. The first kappa shape index (κ1) is 20.8. The van der Waals surface area contributed by atoms with Gasteiger partial charge in [-0.2, -0.15) is 4.39 Å². The lowest BCUT2D eigenvalue weighted by atomic mass is 9.77. The SMILES string of the molecule is CCCCCOc1ccc(-c2ccc(C3CCC(CC)CC3)cc2)c(F)c1F. The average Bonchev–Trinajstić information content (AvgIpc) is 2.74. The van der Waals surface area contributed by atoms with Crippen LogP contribution in [-0.2, 0) is 0 Å². The van der Waals surface area contributed by atoms with Gasteiger partial charge in [0.2, 0.25) is 5.82 Å². The maximum absolute atomic E-state index is 14.6. The summed E-state index contributed by atoms with van der Waals surface area (Å²) < 4.78 is 34.4. The van der Waals surface area contributed by atoms with Crippen LogP contribution in [0.25, 0.3) is 11.1 Å². The number of unbranched alkanes of at least 4 members (excludes halogenated alkanes) is 2. The van der Waals surface area contributed by atoms with Crippen molar-refractivity contribution in [3.8, 4) is 16.9 Å². The topological polar surface area (TPSA) is 9.23 Å². The molecule has 1 nitrogen and oxygen atoms in total. The second-order valence-corrected chi connectivity index (χ2v) is 8.04. The Morgan fingerprint density at radius 2 is 1.57 bits per heavy atom. The number of benzene rings is 2. The van der Waals surface area contributed by atoms with E-state index in [4.69, 9.17) is 4.74 Å². The third-order valence-corrected chi connectivity index (χ3v) is 6.17. The summed E-state index contributed by atoms with van der Waals surface area (Å²) in [5.74, 6) is -0.255. The lowest BCUT2D eigenvalue weighted by Crippen LogP contribution is -2.12. The molecule has 1 saturated carbocycles. The second-order valence-electron chi connectivity index (χ2n) is 8.04. The van der Waals surface area contributed by atoms with Gasteiger partial charge in [-0.05, 0) is 67.2 Å². The van der Waals surface area contributed by atoms with Crippen LogP contribution in [0.5, 0.6) is 5.75 Å². The van der Waals surface area contributed by atoms with E-state index in [0.717, 1.165) is 25.2 Å². The lowest BCUT2D eigenvalue weighted by molar-refractivity contribution is 0.286. The van der Waals surface area contributed by atoms with E-state index in [0.29, 0.717) is 23.7 Å². The van der Waals surface area contributed by atoms with E-state index in [1.807, 2.05) is 12.1 Å². The minimum atomic E-state index is -0.893. The van der Waals surface area contributed by atoms with Crippen LogP contribution in [0.3, 0.4) is 0 Å². The summed E-state index contributed by atoms with van der Waals surface area (Å²) in [5.41, 5.74) is 2.31. The van der Waals surface area contributed by atoms with E-state index in [2.05, 4.69) is 26.0 Å². The zero-order chi connectivity index (χ0) is 19.9. The van der Waals surface area contributed by atoms with Gasteiger partial charge < -0.3 is 4.74 Å². The molecule has 0 saturated heterocycles. The van der Waals surface area contributed by atoms with Gasteiger partial charge in [0.1, 0.15) is 0 Å². The Balaban J connectivity index is 1.69. The Morgan fingerprint density at radius 3 is 2.21 bits per heavy atom. The molecule has 0 amide bonds.